The number of fused-ring (bicyclic) bond motifs is 1. The number of esters is 1. The third-order valence-electron chi connectivity index (χ3n) is 5.55. The van der Waals surface area contributed by atoms with Crippen molar-refractivity contribution >= 4 is 23.4 Å². The van der Waals surface area contributed by atoms with Crippen molar-refractivity contribution in [3.63, 3.8) is 0 Å². The lowest BCUT2D eigenvalue weighted by Crippen LogP contribution is -2.40. The Morgan fingerprint density at radius 2 is 1.94 bits per heavy atom. The van der Waals surface area contributed by atoms with E-state index >= 15 is 0 Å². The zero-order valence-corrected chi connectivity index (χ0v) is 20.7. The number of benzene rings is 2. The average Bonchev–Trinajstić information content (AvgIpc) is 3.14. The maximum Gasteiger partial charge on any atom is 0.338 e. The van der Waals surface area contributed by atoms with Crippen LogP contribution in [0.4, 0.5) is 0 Å². The van der Waals surface area contributed by atoms with Crippen molar-refractivity contribution in [2.45, 2.75) is 26.8 Å². The molecule has 182 valence electrons. The van der Waals surface area contributed by atoms with E-state index in [0.717, 1.165) is 0 Å². The Balaban J connectivity index is 2.04. The first-order valence-corrected chi connectivity index (χ1v) is 12.0. The minimum absolute atomic E-state index is 0.0599. The largest absolute Gasteiger partial charge is 0.507 e. The number of ether oxygens (including phenoxy) is 3. The van der Waals surface area contributed by atoms with Crippen molar-refractivity contribution in [3.05, 3.63) is 84.5 Å². The average molecular weight is 495 g/mol. The molecule has 2 heterocycles. The predicted molar refractivity (Wildman–Crippen MR) is 133 cm³/mol. The molecule has 0 saturated carbocycles. The van der Waals surface area contributed by atoms with Crippen LogP contribution >= 0.6 is 11.3 Å². The number of methoxy groups -OCH3 is 1. The van der Waals surface area contributed by atoms with Crippen LogP contribution in [-0.4, -0.2) is 36.0 Å². The minimum Gasteiger partial charge on any atom is -0.507 e. The Morgan fingerprint density at radius 3 is 2.63 bits per heavy atom. The molecule has 9 heteroatoms. The van der Waals surface area contributed by atoms with Crippen LogP contribution in [0.2, 0.25) is 0 Å². The molecule has 1 aromatic heterocycles. The number of allylic oxidation sites excluding steroid dienone is 1. The first-order valence-electron chi connectivity index (χ1n) is 11.2. The van der Waals surface area contributed by atoms with Gasteiger partial charge in [-0.1, -0.05) is 41.7 Å². The van der Waals surface area contributed by atoms with Gasteiger partial charge in [0.2, 0.25) is 0 Å². The van der Waals surface area contributed by atoms with Crippen molar-refractivity contribution in [3.8, 4) is 17.2 Å². The van der Waals surface area contributed by atoms with Crippen LogP contribution < -0.4 is 24.4 Å². The fraction of sp³-hybridized carbons (Fsp3) is 0.269. The summed E-state index contributed by atoms with van der Waals surface area (Å²) in [6.45, 7) is 5.83. The summed E-state index contributed by atoms with van der Waals surface area (Å²) < 4.78 is 18.6. The topological polar surface area (TPSA) is 99.4 Å². The number of hydrogen-bond acceptors (Lipinski definition) is 8. The highest BCUT2D eigenvalue weighted by atomic mass is 32.1. The van der Waals surface area contributed by atoms with Crippen molar-refractivity contribution in [1.82, 2.24) is 4.57 Å². The van der Waals surface area contributed by atoms with Gasteiger partial charge in [0.15, 0.2) is 16.3 Å². The zero-order chi connectivity index (χ0) is 25.1. The number of para-hydroxylation sites is 2. The molecule has 0 bridgehead atoms. The molecule has 0 aliphatic carbocycles. The number of aromatic nitrogens is 1. The van der Waals surface area contributed by atoms with Gasteiger partial charge in [-0.3, -0.25) is 9.36 Å². The van der Waals surface area contributed by atoms with Gasteiger partial charge in [-0.15, -0.1) is 0 Å². The molecule has 1 aliphatic heterocycles. The standard InChI is InChI=1S/C26H26N2O6S/c1-5-33-23-17(11-9-13-19(23)32-4)22-21(25(31)34-6-2)15(3)27-26-28(22)24(30)20(35-26)14-16-10-7-8-12-18(16)29/h7-14,22,29H,5-6H2,1-4H3/t22-/m1/s1. The lowest BCUT2D eigenvalue weighted by molar-refractivity contribution is -0.139. The van der Waals surface area contributed by atoms with Gasteiger partial charge in [0.05, 0.1) is 36.1 Å². The van der Waals surface area contributed by atoms with E-state index in [1.807, 2.05) is 6.92 Å². The smallest absolute Gasteiger partial charge is 0.338 e. The van der Waals surface area contributed by atoms with Crippen molar-refractivity contribution in [2.75, 3.05) is 20.3 Å². The normalized spacial score (nSPS) is 15.4. The van der Waals surface area contributed by atoms with Gasteiger partial charge in [-0.2, -0.15) is 0 Å². The Morgan fingerprint density at radius 1 is 1.17 bits per heavy atom. The van der Waals surface area contributed by atoms with E-state index in [0.29, 0.717) is 44.3 Å². The summed E-state index contributed by atoms with van der Waals surface area (Å²) in [5.41, 5.74) is 1.45. The van der Waals surface area contributed by atoms with Gasteiger partial charge < -0.3 is 19.3 Å². The van der Waals surface area contributed by atoms with E-state index in [2.05, 4.69) is 4.99 Å². The third-order valence-corrected chi connectivity index (χ3v) is 6.54. The van der Waals surface area contributed by atoms with E-state index in [1.165, 1.54) is 23.0 Å². The molecular weight excluding hydrogens is 468 g/mol. The molecule has 0 amide bonds. The zero-order valence-electron chi connectivity index (χ0n) is 19.9. The molecule has 0 spiro atoms. The number of hydrogen-bond donors (Lipinski definition) is 1. The molecule has 35 heavy (non-hydrogen) atoms. The lowest BCUT2D eigenvalue weighted by atomic mass is 9.94. The van der Waals surface area contributed by atoms with Crippen molar-refractivity contribution in [2.24, 2.45) is 4.99 Å². The summed E-state index contributed by atoms with van der Waals surface area (Å²) in [5.74, 6) is 0.427. The SMILES string of the molecule is CCOC(=O)C1=C(C)N=c2sc(=Cc3ccccc3O)c(=O)n2[C@@H]1c1cccc(OC)c1OCC. The van der Waals surface area contributed by atoms with E-state index in [4.69, 9.17) is 14.2 Å². The highest BCUT2D eigenvalue weighted by molar-refractivity contribution is 7.07. The first kappa shape index (κ1) is 24.3. The summed E-state index contributed by atoms with van der Waals surface area (Å²) in [7, 11) is 1.53. The predicted octanol–water partition coefficient (Wildman–Crippen LogP) is 2.91. The molecular formula is C26H26N2O6S. The monoisotopic (exact) mass is 494 g/mol. The molecule has 0 unspecified atom stereocenters. The molecule has 0 radical (unpaired) electrons. The number of thiazole rings is 1. The van der Waals surface area contributed by atoms with Gasteiger partial charge in [0.25, 0.3) is 5.56 Å². The van der Waals surface area contributed by atoms with Crippen molar-refractivity contribution in [1.29, 1.82) is 0 Å². The van der Waals surface area contributed by atoms with Crippen LogP contribution in [-0.2, 0) is 9.53 Å². The summed E-state index contributed by atoms with van der Waals surface area (Å²) in [4.78, 5) is 31.8. The first-order chi connectivity index (χ1) is 16.9. The van der Waals surface area contributed by atoms with Crippen molar-refractivity contribution < 1.29 is 24.1 Å². The molecule has 8 nitrogen and oxygen atoms in total. The minimum atomic E-state index is -0.839. The Labute approximate surface area is 206 Å². The van der Waals surface area contributed by atoms with Gasteiger partial charge in [-0.05, 0) is 39.0 Å². The molecule has 3 aromatic rings. The number of carbonyl (C=O) groups is 1. The Hall–Kier alpha value is -3.85. The molecule has 1 N–H and O–H groups in total. The number of aromatic hydroxyl groups is 1. The number of carbonyl (C=O) groups excluding carboxylic acids is 1. The van der Waals surface area contributed by atoms with Crippen LogP contribution in [0.25, 0.3) is 6.08 Å². The maximum absolute atomic E-state index is 13.7. The van der Waals surface area contributed by atoms with Gasteiger partial charge >= 0.3 is 5.97 Å². The van der Waals surface area contributed by atoms with Crippen LogP contribution in [0.3, 0.4) is 0 Å². The quantitative estimate of drug-likeness (QED) is 0.507. The number of phenolic OH excluding ortho intramolecular Hbond substituents is 1. The second-order valence-corrected chi connectivity index (χ2v) is 8.68. The molecule has 2 aromatic carbocycles. The summed E-state index contributed by atoms with van der Waals surface area (Å²) in [6, 6.07) is 11.3. The van der Waals surface area contributed by atoms with Crippen LogP contribution in [0.15, 0.2) is 63.5 Å². The molecule has 0 saturated heterocycles. The second kappa shape index (κ2) is 10.2. The molecule has 1 atom stereocenters. The fourth-order valence-electron chi connectivity index (χ4n) is 4.04. The maximum atomic E-state index is 13.7. The second-order valence-electron chi connectivity index (χ2n) is 7.67. The highest BCUT2D eigenvalue weighted by Crippen LogP contribution is 2.40. The van der Waals surface area contributed by atoms with Crippen LogP contribution in [0.5, 0.6) is 17.2 Å². The van der Waals surface area contributed by atoms with Gasteiger partial charge in [0, 0.05) is 11.1 Å². The number of rotatable bonds is 7. The van der Waals surface area contributed by atoms with E-state index in [9.17, 15) is 14.7 Å². The van der Waals surface area contributed by atoms with Crippen LogP contribution in [0, 0.1) is 0 Å². The molecule has 0 fully saturated rings. The van der Waals surface area contributed by atoms with E-state index < -0.39 is 12.0 Å². The summed E-state index contributed by atoms with van der Waals surface area (Å²) >= 11 is 1.18. The third kappa shape index (κ3) is 4.46. The van der Waals surface area contributed by atoms with E-state index in [-0.39, 0.29) is 23.5 Å². The number of nitrogens with zero attached hydrogens (tertiary/aromatic N) is 2. The Bertz CT molecular complexity index is 1480. The van der Waals surface area contributed by atoms with Gasteiger partial charge in [-0.25, -0.2) is 9.79 Å². The highest BCUT2D eigenvalue weighted by Gasteiger charge is 2.35. The summed E-state index contributed by atoms with van der Waals surface area (Å²) in [6.07, 6.45) is 1.62. The summed E-state index contributed by atoms with van der Waals surface area (Å²) in [5, 5.41) is 10.2. The number of phenols is 1. The lowest BCUT2D eigenvalue weighted by Gasteiger charge is -2.26. The Kier molecular flexibility index (Phi) is 7.07. The van der Waals surface area contributed by atoms with Crippen LogP contribution in [0.1, 0.15) is 37.9 Å². The van der Waals surface area contributed by atoms with E-state index in [1.54, 1.807) is 62.4 Å². The van der Waals surface area contributed by atoms with Gasteiger partial charge in [0.1, 0.15) is 11.8 Å². The molecule has 4 rings (SSSR count). The molecule has 1 aliphatic rings. The fourth-order valence-corrected chi connectivity index (χ4v) is 5.08.